The van der Waals surface area contributed by atoms with Gasteiger partial charge in [0.1, 0.15) is 16.8 Å². The number of carbonyl (C=O) groups is 3. The molecule has 1 atom stereocenters. The van der Waals surface area contributed by atoms with Crippen molar-refractivity contribution in [3.05, 3.63) is 33.8 Å². The van der Waals surface area contributed by atoms with Crippen LogP contribution in [0.3, 0.4) is 0 Å². The van der Waals surface area contributed by atoms with Gasteiger partial charge in [-0.2, -0.15) is 0 Å². The lowest BCUT2D eigenvalue weighted by atomic mass is 9.95. The quantitative estimate of drug-likeness (QED) is 0.568. The summed E-state index contributed by atoms with van der Waals surface area (Å²) in [5, 5.41) is 12.1. The molecule has 3 rings (SSSR count). The number of benzene rings is 1. The van der Waals surface area contributed by atoms with Crippen LogP contribution in [-0.4, -0.2) is 53.0 Å². The fourth-order valence-corrected chi connectivity index (χ4v) is 4.41. The molecule has 1 saturated carbocycles. The van der Waals surface area contributed by atoms with Crippen LogP contribution in [0.5, 0.6) is 5.75 Å². The fraction of sp³-hybridized carbons (Fsp3) is 0.522. The van der Waals surface area contributed by atoms with Gasteiger partial charge in [-0.3, -0.25) is 14.4 Å². The van der Waals surface area contributed by atoms with Crippen LogP contribution < -0.4 is 10.1 Å². The van der Waals surface area contributed by atoms with E-state index in [1.54, 1.807) is 23.1 Å². The second kappa shape index (κ2) is 11.1. The Bertz CT molecular complexity index is 891. The van der Waals surface area contributed by atoms with E-state index in [2.05, 4.69) is 5.32 Å². The van der Waals surface area contributed by atoms with Crippen LogP contribution in [0.2, 0.25) is 10.0 Å². The molecule has 32 heavy (non-hydrogen) atoms. The van der Waals surface area contributed by atoms with E-state index < -0.39 is 12.0 Å². The third-order valence-electron chi connectivity index (χ3n) is 5.98. The molecular weight excluding hydrogens is 455 g/mol. The number of ether oxygens (including phenoxy) is 1. The van der Waals surface area contributed by atoms with Gasteiger partial charge >= 0.3 is 5.97 Å². The van der Waals surface area contributed by atoms with Crippen molar-refractivity contribution < 1.29 is 24.2 Å². The van der Waals surface area contributed by atoms with Crippen LogP contribution in [0.1, 0.15) is 51.0 Å². The molecule has 1 saturated heterocycles. The number of nitrogens with one attached hydrogen (secondary N) is 1. The molecule has 2 amide bonds. The molecule has 174 valence electrons. The Balaban J connectivity index is 1.53. The number of halogens is 2. The maximum absolute atomic E-state index is 12.6. The maximum atomic E-state index is 12.6. The molecular formula is C23H28Cl2N2O5. The minimum Gasteiger partial charge on any atom is -0.489 e. The second-order valence-corrected chi connectivity index (χ2v) is 9.06. The number of rotatable bonds is 7. The molecule has 1 aliphatic carbocycles. The zero-order chi connectivity index (χ0) is 23.3. The van der Waals surface area contributed by atoms with Crippen LogP contribution in [0, 0.1) is 5.92 Å². The molecule has 2 aliphatic rings. The highest BCUT2D eigenvalue weighted by molar-refractivity contribution is 6.43. The molecule has 1 aliphatic heterocycles. The standard InChI is InChI=1S/C23H28Cl2N2O5/c1-14(23(30)31)26-22(29)16-10-12-27(13-11-16)19(28)9-7-15-6-8-18(21(25)20(15)24)32-17-4-2-3-5-17/h6-9,14,16-17H,2-5,10-13H2,1H3,(H,26,29)(H,30,31)/b9-7+/t14-/m0/s1. The third-order valence-corrected chi connectivity index (χ3v) is 6.86. The number of carboxylic acids is 1. The van der Waals surface area contributed by atoms with Crippen molar-refractivity contribution in [2.45, 2.75) is 57.6 Å². The third kappa shape index (κ3) is 6.17. The number of likely N-dealkylation sites (tertiary alicyclic amines) is 1. The van der Waals surface area contributed by atoms with Crippen molar-refractivity contribution in [3.8, 4) is 5.75 Å². The first kappa shape index (κ1) is 24.4. The van der Waals surface area contributed by atoms with Crippen molar-refractivity contribution in [1.29, 1.82) is 0 Å². The fourth-order valence-electron chi connectivity index (χ4n) is 3.97. The van der Waals surface area contributed by atoms with Gasteiger partial charge < -0.3 is 20.1 Å². The highest BCUT2D eigenvalue weighted by Crippen LogP contribution is 2.37. The molecule has 7 nitrogen and oxygen atoms in total. The lowest BCUT2D eigenvalue weighted by Crippen LogP contribution is -2.46. The molecule has 1 aromatic rings. The maximum Gasteiger partial charge on any atom is 0.325 e. The van der Waals surface area contributed by atoms with Crippen LogP contribution in [0.25, 0.3) is 6.08 Å². The Morgan fingerprint density at radius 1 is 1.12 bits per heavy atom. The van der Waals surface area contributed by atoms with E-state index in [-0.39, 0.29) is 23.8 Å². The smallest absolute Gasteiger partial charge is 0.325 e. The van der Waals surface area contributed by atoms with Gasteiger partial charge in [-0.1, -0.05) is 23.2 Å². The van der Waals surface area contributed by atoms with Crippen molar-refractivity contribution in [2.24, 2.45) is 5.92 Å². The first-order valence-corrected chi connectivity index (χ1v) is 11.7. The van der Waals surface area contributed by atoms with Crippen molar-refractivity contribution in [3.63, 3.8) is 0 Å². The largest absolute Gasteiger partial charge is 0.489 e. The molecule has 9 heteroatoms. The van der Waals surface area contributed by atoms with Gasteiger partial charge in [-0.15, -0.1) is 0 Å². The van der Waals surface area contributed by atoms with Crippen LogP contribution in [-0.2, 0) is 14.4 Å². The number of carbonyl (C=O) groups excluding carboxylic acids is 2. The summed E-state index contributed by atoms with van der Waals surface area (Å²) in [6.07, 6.45) is 8.55. The Morgan fingerprint density at radius 3 is 2.41 bits per heavy atom. The van der Waals surface area contributed by atoms with Gasteiger partial charge in [-0.05, 0) is 69.2 Å². The highest BCUT2D eigenvalue weighted by atomic mass is 35.5. The molecule has 0 unspecified atom stereocenters. The van der Waals surface area contributed by atoms with Gasteiger partial charge in [-0.25, -0.2) is 0 Å². The second-order valence-electron chi connectivity index (χ2n) is 8.31. The van der Waals surface area contributed by atoms with Crippen LogP contribution in [0.15, 0.2) is 18.2 Å². The highest BCUT2D eigenvalue weighted by Gasteiger charge is 2.28. The number of piperidine rings is 1. The van der Waals surface area contributed by atoms with E-state index in [0.29, 0.717) is 47.3 Å². The summed E-state index contributed by atoms with van der Waals surface area (Å²) in [5.41, 5.74) is 0.626. The Kier molecular flexibility index (Phi) is 8.43. The van der Waals surface area contributed by atoms with Crippen molar-refractivity contribution >= 4 is 47.1 Å². The predicted octanol–water partition coefficient (Wildman–Crippen LogP) is 4.16. The lowest BCUT2D eigenvalue weighted by Gasteiger charge is -2.31. The van der Waals surface area contributed by atoms with Crippen LogP contribution in [0.4, 0.5) is 0 Å². The van der Waals surface area contributed by atoms with Crippen molar-refractivity contribution in [2.75, 3.05) is 13.1 Å². The first-order valence-electron chi connectivity index (χ1n) is 10.9. The van der Waals surface area contributed by atoms with Gasteiger partial charge in [0, 0.05) is 25.1 Å². The molecule has 2 fully saturated rings. The Labute approximate surface area is 197 Å². The summed E-state index contributed by atoms with van der Waals surface area (Å²) in [7, 11) is 0. The summed E-state index contributed by atoms with van der Waals surface area (Å²) < 4.78 is 5.95. The zero-order valence-electron chi connectivity index (χ0n) is 18.0. The minimum absolute atomic E-state index is 0.170. The number of amides is 2. The van der Waals surface area contributed by atoms with E-state index >= 15 is 0 Å². The lowest BCUT2D eigenvalue weighted by molar-refractivity contribution is -0.142. The first-order chi connectivity index (χ1) is 15.3. The van der Waals surface area contributed by atoms with E-state index in [0.717, 1.165) is 25.7 Å². The zero-order valence-corrected chi connectivity index (χ0v) is 19.5. The topological polar surface area (TPSA) is 95.9 Å². The van der Waals surface area contributed by atoms with Gasteiger partial charge in [0.15, 0.2) is 0 Å². The monoisotopic (exact) mass is 482 g/mol. The SMILES string of the molecule is C[C@H](NC(=O)C1CCN(C(=O)/C=C/c2ccc(OC3CCCC3)c(Cl)c2Cl)CC1)C(=O)O. The molecule has 1 aromatic carbocycles. The van der Waals surface area contributed by atoms with Gasteiger partial charge in [0.25, 0.3) is 0 Å². The molecule has 0 spiro atoms. The summed E-state index contributed by atoms with van der Waals surface area (Å²) in [5.74, 6) is -1.28. The van der Waals surface area contributed by atoms with Gasteiger partial charge in [0.05, 0.1) is 11.1 Å². The number of carboxylic acid groups (broad SMARTS) is 1. The summed E-state index contributed by atoms with van der Waals surface area (Å²) in [4.78, 5) is 37.3. The van der Waals surface area contributed by atoms with Crippen molar-refractivity contribution in [1.82, 2.24) is 10.2 Å². The number of hydrogen-bond donors (Lipinski definition) is 2. The molecule has 2 N–H and O–H groups in total. The molecule has 1 heterocycles. The van der Waals surface area contributed by atoms with Gasteiger partial charge in [0.2, 0.25) is 11.8 Å². The molecule has 0 aromatic heterocycles. The minimum atomic E-state index is -1.08. The number of hydrogen-bond acceptors (Lipinski definition) is 4. The van der Waals surface area contributed by atoms with E-state index in [1.165, 1.54) is 13.0 Å². The van der Waals surface area contributed by atoms with E-state index in [4.69, 9.17) is 33.0 Å². The average molecular weight is 483 g/mol. The average Bonchev–Trinajstić information content (AvgIpc) is 3.29. The van der Waals surface area contributed by atoms with E-state index in [1.807, 2.05) is 0 Å². The number of aliphatic carboxylic acids is 1. The molecule has 0 bridgehead atoms. The summed E-state index contributed by atoms with van der Waals surface area (Å²) in [6.45, 7) is 2.27. The predicted molar refractivity (Wildman–Crippen MR) is 123 cm³/mol. The van der Waals surface area contributed by atoms with E-state index in [9.17, 15) is 14.4 Å². The Morgan fingerprint density at radius 2 is 1.78 bits per heavy atom. The molecule has 0 radical (unpaired) electrons. The van der Waals surface area contributed by atoms with Crippen LogP contribution >= 0.6 is 23.2 Å². The normalized spacial score (nSPS) is 18.7. The number of nitrogens with zero attached hydrogens (tertiary/aromatic N) is 1. The Hall–Kier alpha value is -2.25. The summed E-state index contributed by atoms with van der Waals surface area (Å²) >= 11 is 12.8. The summed E-state index contributed by atoms with van der Waals surface area (Å²) in [6, 6.07) is 2.62.